The van der Waals surface area contributed by atoms with Crippen LogP contribution in [0.2, 0.25) is 0 Å². The molecule has 0 fully saturated rings. The van der Waals surface area contributed by atoms with Crippen molar-refractivity contribution in [2.24, 2.45) is 0 Å². The average Bonchev–Trinajstić information content (AvgIpc) is 3.43. The van der Waals surface area contributed by atoms with E-state index in [9.17, 15) is 0 Å². The molecule has 6 heterocycles. The highest BCUT2D eigenvalue weighted by atomic mass is 15.1. The van der Waals surface area contributed by atoms with Gasteiger partial charge in [0.15, 0.2) is 5.82 Å². The number of imidazole rings is 1. The quantitative estimate of drug-likeness (QED) is 0.474. The third-order valence-electron chi connectivity index (χ3n) is 4.86. The van der Waals surface area contributed by atoms with Gasteiger partial charge in [0.25, 0.3) is 0 Å². The summed E-state index contributed by atoms with van der Waals surface area (Å²) in [5, 5.41) is 8.39. The van der Waals surface area contributed by atoms with Crippen LogP contribution in [0.25, 0.3) is 56.0 Å². The van der Waals surface area contributed by atoms with Crippen LogP contribution in [0.1, 0.15) is 0 Å². The number of nitrogens with one attached hydrogen (secondary N) is 2. The van der Waals surface area contributed by atoms with Crippen molar-refractivity contribution < 1.29 is 0 Å². The summed E-state index contributed by atoms with van der Waals surface area (Å²) in [7, 11) is 0. The topological polar surface area (TPSA) is 122 Å². The van der Waals surface area contributed by atoms with Crippen LogP contribution in [-0.4, -0.2) is 45.1 Å². The molecule has 0 aliphatic carbocycles. The lowest BCUT2D eigenvalue weighted by Crippen LogP contribution is -1.87. The molecule has 6 rings (SSSR count). The first-order chi connectivity index (χ1) is 14.9. The van der Waals surface area contributed by atoms with Crippen LogP contribution in [0.3, 0.4) is 0 Å². The monoisotopic (exact) mass is 391 g/mol. The highest BCUT2D eigenvalue weighted by Gasteiger charge is 2.16. The van der Waals surface area contributed by atoms with Crippen molar-refractivity contribution in [1.29, 1.82) is 0 Å². The molecular weight excluding hydrogens is 378 g/mol. The molecule has 30 heavy (non-hydrogen) atoms. The molecule has 2 N–H and O–H groups in total. The molecule has 142 valence electrons. The van der Waals surface area contributed by atoms with Gasteiger partial charge in [-0.3, -0.25) is 20.1 Å². The van der Waals surface area contributed by atoms with E-state index in [1.807, 2.05) is 24.3 Å². The van der Waals surface area contributed by atoms with Gasteiger partial charge in [0.05, 0.1) is 34.8 Å². The smallest absolute Gasteiger partial charge is 0.159 e. The SMILES string of the molecule is c1ccc(-c2cncc3[nH]c(-c4n[nH]c5cnc(-c6cncnc6)cc45)nc23)nc1. The van der Waals surface area contributed by atoms with Gasteiger partial charge in [-0.25, -0.2) is 15.0 Å². The predicted octanol–water partition coefficient (Wildman–Crippen LogP) is 3.42. The molecule has 0 aliphatic heterocycles. The Kier molecular flexibility index (Phi) is 3.57. The Morgan fingerprint density at radius 3 is 2.60 bits per heavy atom. The third kappa shape index (κ3) is 2.60. The van der Waals surface area contributed by atoms with E-state index in [1.165, 1.54) is 6.33 Å². The number of pyridine rings is 3. The molecule has 0 spiro atoms. The number of H-pyrrole nitrogens is 2. The lowest BCUT2D eigenvalue weighted by molar-refractivity contribution is 1.10. The second-order valence-corrected chi connectivity index (χ2v) is 6.70. The summed E-state index contributed by atoms with van der Waals surface area (Å²) < 4.78 is 0. The van der Waals surface area contributed by atoms with E-state index < -0.39 is 0 Å². The minimum absolute atomic E-state index is 0.642. The van der Waals surface area contributed by atoms with Crippen LogP contribution in [0.15, 0.2) is 67.8 Å². The van der Waals surface area contributed by atoms with Gasteiger partial charge in [-0.2, -0.15) is 5.10 Å². The van der Waals surface area contributed by atoms with Gasteiger partial charge in [-0.15, -0.1) is 0 Å². The molecule has 0 amide bonds. The molecule has 0 unspecified atom stereocenters. The standard InChI is InChI=1S/C21H13N9/c1-2-4-25-15(3-1)14-8-22-9-18-19(14)28-21(27-18)20-13-5-16(12-6-23-11-24-7-12)26-10-17(13)29-30-20/h1-11H,(H,27,28)(H,29,30). The van der Waals surface area contributed by atoms with Gasteiger partial charge in [0.2, 0.25) is 0 Å². The number of rotatable bonds is 3. The van der Waals surface area contributed by atoms with Crippen LogP contribution in [0, 0.1) is 0 Å². The molecule has 6 aromatic rings. The van der Waals surface area contributed by atoms with E-state index in [4.69, 9.17) is 4.98 Å². The predicted molar refractivity (Wildman–Crippen MR) is 111 cm³/mol. The molecule has 0 aliphatic rings. The first kappa shape index (κ1) is 16.4. The molecule has 9 nitrogen and oxygen atoms in total. The summed E-state index contributed by atoms with van der Waals surface area (Å²) in [6.45, 7) is 0. The lowest BCUT2D eigenvalue weighted by Gasteiger charge is -2.00. The highest BCUT2D eigenvalue weighted by molar-refractivity contribution is 5.96. The first-order valence-corrected chi connectivity index (χ1v) is 9.22. The van der Waals surface area contributed by atoms with Gasteiger partial charge in [-0.1, -0.05) is 6.07 Å². The summed E-state index contributed by atoms with van der Waals surface area (Å²) in [5.74, 6) is 0.642. The van der Waals surface area contributed by atoms with Gasteiger partial charge in [-0.05, 0) is 18.2 Å². The molecular formula is C21H13N9. The Balaban J connectivity index is 1.52. The molecule has 9 heteroatoms. The van der Waals surface area contributed by atoms with Crippen molar-refractivity contribution in [3.8, 4) is 34.0 Å². The maximum Gasteiger partial charge on any atom is 0.159 e. The van der Waals surface area contributed by atoms with E-state index in [-0.39, 0.29) is 0 Å². The fourth-order valence-electron chi connectivity index (χ4n) is 3.44. The third-order valence-corrected chi connectivity index (χ3v) is 4.86. The van der Waals surface area contributed by atoms with Crippen molar-refractivity contribution in [2.45, 2.75) is 0 Å². The summed E-state index contributed by atoms with van der Waals surface area (Å²) in [5.41, 5.74) is 6.39. The maximum atomic E-state index is 4.82. The summed E-state index contributed by atoms with van der Waals surface area (Å²) in [4.78, 5) is 29.5. The number of fused-ring (bicyclic) bond motifs is 2. The summed E-state index contributed by atoms with van der Waals surface area (Å²) >= 11 is 0. The zero-order chi connectivity index (χ0) is 19.9. The normalized spacial score (nSPS) is 11.3. The van der Waals surface area contributed by atoms with Crippen molar-refractivity contribution in [2.75, 3.05) is 0 Å². The minimum Gasteiger partial charge on any atom is -0.335 e. The number of hydrogen-bond donors (Lipinski definition) is 2. The fraction of sp³-hybridized carbons (Fsp3) is 0. The van der Waals surface area contributed by atoms with Crippen LogP contribution in [0.5, 0.6) is 0 Å². The van der Waals surface area contributed by atoms with E-state index in [0.29, 0.717) is 11.5 Å². The molecule has 0 saturated heterocycles. The lowest BCUT2D eigenvalue weighted by atomic mass is 10.1. The fourth-order valence-corrected chi connectivity index (χ4v) is 3.44. The Labute approximate surface area is 169 Å². The van der Waals surface area contributed by atoms with Crippen LogP contribution < -0.4 is 0 Å². The Hall–Kier alpha value is -4.53. The summed E-state index contributed by atoms with van der Waals surface area (Å²) in [6.07, 6.45) is 12.0. The molecule has 0 saturated carbocycles. The van der Waals surface area contributed by atoms with Crippen molar-refractivity contribution in [1.82, 2.24) is 45.1 Å². The second-order valence-electron chi connectivity index (χ2n) is 6.70. The highest BCUT2D eigenvalue weighted by Crippen LogP contribution is 2.31. The van der Waals surface area contributed by atoms with Crippen LogP contribution in [0.4, 0.5) is 0 Å². The summed E-state index contributed by atoms with van der Waals surface area (Å²) in [6, 6.07) is 7.72. The molecule has 0 atom stereocenters. The minimum atomic E-state index is 0.642. The molecule has 6 aromatic heterocycles. The average molecular weight is 391 g/mol. The Morgan fingerprint density at radius 1 is 0.800 bits per heavy atom. The van der Waals surface area contributed by atoms with Crippen molar-refractivity contribution in [3.63, 3.8) is 0 Å². The second kappa shape index (κ2) is 6.52. The van der Waals surface area contributed by atoms with E-state index >= 15 is 0 Å². The number of hydrogen-bond acceptors (Lipinski definition) is 7. The van der Waals surface area contributed by atoms with Crippen LogP contribution >= 0.6 is 0 Å². The number of aromatic amines is 2. The largest absolute Gasteiger partial charge is 0.335 e. The molecule has 0 bridgehead atoms. The van der Waals surface area contributed by atoms with Gasteiger partial charge >= 0.3 is 0 Å². The zero-order valence-electron chi connectivity index (χ0n) is 15.5. The molecule has 0 radical (unpaired) electrons. The molecule has 0 aromatic carbocycles. The van der Waals surface area contributed by atoms with Gasteiger partial charge in [0, 0.05) is 41.3 Å². The maximum absolute atomic E-state index is 4.82. The number of aromatic nitrogens is 9. The van der Waals surface area contributed by atoms with Crippen LogP contribution in [-0.2, 0) is 0 Å². The van der Waals surface area contributed by atoms with Crippen molar-refractivity contribution >= 4 is 21.9 Å². The Morgan fingerprint density at radius 2 is 1.73 bits per heavy atom. The first-order valence-electron chi connectivity index (χ1n) is 9.22. The van der Waals surface area contributed by atoms with Gasteiger partial charge < -0.3 is 4.98 Å². The zero-order valence-corrected chi connectivity index (χ0v) is 15.5. The van der Waals surface area contributed by atoms with E-state index in [2.05, 4.69) is 40.1 Å². The van der Waals surface area contributed by atoms with E-state index in [1.54, 1.807) is 37.2 Å². The van der Waals surface area contributed by atoms with E-state index in [0.717, 1.165) is 44.5 Å². The Bertz CT molecular complexity index is 1490. The van der Waals surface area contributed by atoms with Crippen molar-refractivity contribution in [3.05, 3.63) is 67.8 Å². The number of nitrogens with zero attached hydrogens (tertiary/aromatic N) is 7. The van der Waals surface area contributed by atoms with Gasteiger partial charge in [0.1, 0.15) is 17.5 Å².